The van der Waals surface area contributed by atoms with Crippen LogP contribution in [0.15, 0.2) is 18.2 Å². The lowest BCUT2D eigenvalue weighted by Gasteiger charge is -2.20. The van der Waals surface area contributed by atoms with Crippen molar-refractivity contribution < 1.29 is 9.90 Å². The van der Waals surface area contributed by atoms with Crippen molar-refractivity contribution in [3.63, 3.8) is 0 Å². The summed E-state index contributed by atoms with van der Waals surface area (Å²) in [6.07, 6.45) is 0.912. The predicted octanol–water partition coefficient (Wildman–Crippen LogP) is 1.61. The SMILES string of the molecule is CC(C)C(=O)N1CCc2cc(C(O)CCN)ccc21. The number of hydrogen-bond acceptors (Lipinski definition) is 3. The number of aliphatic hydroxyl groups excluding tert-OH is 1. The minimum atomic E-state index is -0.509. The summed E-state index contributed by atoms with van der Waals surface area (Å²) < 4.78 is 0. The molecule has 0 saturated heterocycles. The van der Waals surface area contributed by atoms with E-state index in [1.165, 1.54) is 0 Å². The molecule has 3 N–H and O–H groups in total. The third-order valence-corrected chi connectivity index (χ3v) is 3.58. The standard InChI is InChI=1S/C15H22N2O2/c1-10(2)15(19)17-8-6-11-9-12(3-4-13(11)17)14(18)5-7-16/h3-4,9-10,14,18H,5-8,16H2,1-2H3. The minimum absolute atomic E-state index is 0.00783. The second-order valence-corrected chi connectivity index (χ2v) is 5.38. The number of hydrogen-bond donors (Lipinski definition) is 2. The molecule has 0 aromatic heterocycles. The van der Waals surface area contributed by atoms with Crippen LogP contribution in [0.5, 0.6) is 0 Å². The first-order chi connectivity index (χ1) is 9.04. The van der Waals surface area contributed by atoms with Crippen LogP contribution >= 0.6 is 0 Å². The fourth-order valence-electron chi connectivity index (χ4n) is 2.49. The highest BCUT2D eigenvalue weighted by Gasteiger charge is 2.26. The van der Waals surface area contributed by atoms with Gasteiger partial charge in [-0.25, -0.2) is 0 Å². The van der Waals surface area contributed by atoms with E-state index in [1.54, 1.807) is 0 Å². The molecule has 0 saturated carbocycles. The summed E-state index contributed by atoms with van der Waals surface area (Å²) in [4.78, 5) is 13.9. The highest BCUT2D eigenvalue weighted by Crippen LogP contribution is 2.32. The lowest BCUT2D eigenvalue weighted by Crippen LogP contribution is -2.32. The summed E-state index contributed by atoms with van der Waals surface area (Å²) in [5.74, 6) is 0.169. The van der Waals surface area contributed by atoms with Gasteiger partial charge in [0.2, 0.25) is 5.91 Å². The van der Waals surface area contributed by atoms with Crippen LogP contribution in [-0.4, -0.2) is 24.1 Å². The number of anilines is 1. The van der Waals surface area contributed by atoms with E-state index in [1.807, 2.05) is 36.9 Å². The molecule has 1 atom stereocenters. The Morgan fingerprint density at radius 3 is 2.84 bits per heavy atom. The van der Waals surface area contributed by atoms with Crippen molar-refractivity contribution in [3.05, 3.63) is 29.3 Å². The normalized spacial score (nSPS) is 15.7. The molecular weight excluding hydrogens is 240 g/mol. The van der Waals surface area contributed by atoms with Gasteiger partial charge in [0.25, 0.3) is 0 Å². The first-order valence-corrected chi connectivity index (χ1v) is 6.87. The average molecular weight is 262 g/mol. The van der Waals surface area contributed by atoms with Gasteiger partial charge in [-0.15, -0.1) is 0 Å². The Balaban J connectivity index is 2.22. The highest BCUT2D eigenvalue weighted by atomic mass is 16.3. The lowest BCUT2D eigenvalue weighted by molar-refractivity contribution is -0.121. The van der Waals surface area contributed by atoms with Gasteiger partial charge in [-0.1, -0.05) is 26.0 Å². The lowest BCUT2D eigenvalue weighted by atomic mass is 10.0. The quantitative estimate of drug-likeness (QED) is 0.866. The third-order valence-electron chi connectivity index (χ3n) is 3.58. The van der Waals surface area contributed by atoms with Gasteiger partial charge in [0.15, 0.2) is 0 Å². The van der Waals surface area contributed by atoms with Gasteiger partial charge in [0, 0.05) is 18.2 Å². The number of aliphatic hydroxyl groups is 1. The molecule has 19 heavy (non-hydrogen) atoms. The maximum absolute atomic E-state index is 12.1. The van der Waals surface area contributed by atoms with Crippen LogP contribution < -0.4 is 10.6 Å². The first kappa shape index (κ1) is 14.0. The molecule has 1 aliphatic rings. The van der Waals surface area contributed by atoms with E-state index in [-0.39, 0.29) is 11.8 Å². The molecule has 1 amide bonds. The largest absolute Gasteiger partial charge is 0.388 e. The zero-order valence-electron chi connectivity index (χ0n) is 11.6. The summed E-state index contributed by atoms with van der Waals surface area (Å²) in [7, 11) is 0. The fourth-order valence-corrected chi connectivity index (χ4v) is 2.49. The van der Waals surface area contributed by atoms with Crippen molar-refractivity contribution in [2.75, 3.05) is 18.0 Å². The first-order valence-electron chi connectivity index (χ1n) is 6.87. The van der Waals surface area contributed by atoms with Gasteiger partial charge < -0.3 is 15.7 Å². The molecule has 1 aromatic carbocycles. The summed E-state index contributed by atoms with van der Waals surface area (Å²) in [5, 5.41) is 9.95. The third kappa shape index (κ3) is 2.80. The molecule has 0 aliphatic carbocycles. The monoisotopic (exact) mass is 262 g/mol. The molecule has 0 bridgehead atoms. The second-order valence-electron chi connectivity index (χ2n) is 5.38. The Morgan fingerprint density at radius 2 is 2.21 bits per heavy atom. The van der Waals surface area contributed by atoms with Crippen LogP contribution in [0, 0.1) is 5.92 Å². The van der Waals surface area contributed by atoms with Gasteiger partial charge in [-0.2, -0.15) is 0 Å². The number of nitrogens with zero attached hydrogens (tertiary/aromatic N) is 1. The zero-order valence-corrected chi connectivity index (χ0v) is 11.6. The number of carbonyl (C=O) groups is 1. The Hall–Kier alpha value is -1.39. The Labute approximate surface area is 114 Å². The van der Waals surface area contributed by atoms with Crippen LogP contribution in [-0.2, 0) is 11.2 Å². The molecule has 4 heteroatoms. The van der Waals surface area contributed by atoms with Crippen molar-refractivity contribution in [2.24, 2.45) is 11.7 Å². The fraction of sp³-hybridized carbons (Fsp3) is 0.533. The van der Waals surface area contributed by atoms with Crippen molar-refractivity contribution >= 4 is 11.6 Å². The van der Waals surface area contributed by atoms with Crippen LogP contribution in [0.3, 0.4) is 0 Å². The highest BCUT2D eigenvalue weighted by molar-refractivity contribution is 5.96. The van der Waals surface area contributed by atoms with Crippen molar-refractivity contribution in [1.82, 2.24) is 0 Å². The van der Waals surface area contributed by atoms with Crippen LogP contribution in [0.4, 0.5) is 5.69 Å². The molecule has 1 aliphatic heterocycles. The number of nitrogens with two attached hydrogens (primary N) is 1. The Kier molecular flexibility index (Phi) is 4.22. The van der Waals surface area contributed by atoms with E-state index in [0.717, 1.165) is 29.8 Å². The second kappa shape index (κ2) is 5.72. The van der Waals surface area contributed by atoms with E-state index < -0.39 is 6.10 Å². The number of fused-ring (bicyclic) bond motifs is 1. The molecule has 2 rings (SSSR count). The predicted molar refractivity (Wildman–Crippen MR) is 76.0 cm³/mol. The number of rotatable bonds is 4. The summed E-state index contributed by atoms with van der Waals surface area (Å²) in [5.41, 5.74) is 8.48. The van der Waals surface area contributed by atoms with Gasteiger partial charge >= 0.3 is 0 Å². The molecular formula is C15H22N2O2. The molecule has 1 aromatic rings. The topological polar surface area (TPSA) is 66.6 Å². The van der Waals surface area contributed by atoms with Gasteiger partial charge in [-0.3, -0.25) is 4.79 Å². The van der Waals surface area contributed by atoms with Crippen LogP contribution in [0.25, 0.3) is 0 Å². The van der Waals surface area contributed by atoms with E-state index >= 15 is 0 Å². The maximum atomic E-state index is 12.1. The van der Waals surface area contributed by atoms with Gasteiger partial charge in [0.1, 0.15) is 0 Å². The number of benzene rings is 1. The molecule has 0 radical (unpaired) electrons. The molecule has 1 heterocycles. The van der Waals surface area contributed by atoms with Crippen molar-refractivity contribution in [1.29, 1.82) is 0 Å². The molecule has 4 nitrogen and oxygen atoms in total. The van der Waals surface area contributed by atoms with Gasteiger partial charge in [0.05, 0.1) is 6.10 Å². The molecule has 1 unspecified atom stereocenters. The number of amides is 1. The van der Waals surface area contributed by atoms with E-state index in [0.29, 0.717) is 13.0 Å². The molecule has 0 fully saturated rings. The van der Waals surface area contributed by atoms with Crippen LogP contribution in [0.2, 0.25) is 0 Å². The minimum Gasteiger partial charge on any atom is -0.388 e. The van der Waals surface area contributed by atoms with E-state index in [9.17, 15) is 9.90 Å². The Bertz CT molecular complexity index is 471. The van der Waals surface area contributed by atoms with E-state index in [4.69, 9.17) is 5.73 Å². The molecule has 104 valence electrons. The zero-order chi connectivity index (χ0) is 14.0. The molecule has 0 spiro atoms. The van der Waals surface area contributed by atoms with Crippen LogP contribution in [0.1, 0.15) is 37.5 Å². The summed E-state index contributed by atoms with van der Waals surface area (Å²) in [6, 6.07) is 5.84. The maximum Gasteiger partial charge on any atom is 0.229 e. The van der Waals surface area contributed by atoms with E-state index in [2.05, 4.69) is 0 Å². The average Bonchev–Trinajstić information content (AvgIpc) is 2.80. The smallest absolute Gasteiger partial charge is 0.229 e. The van der Waals surface area contributed by atoms with Crippen molar-refractivity contribution in [3.8, 4) is 0 Å². The summed E-state index contributed by atoms with van der Waals surface area (Å²) >= 11 is 0. The van der Waals surface area contributed by atoms with Gasteiger partial charge in [-0.05, 0) is 36.6 Å². The van der Waals surface area contributed by atoms with Crippen molar-refractivity contribution in [2.45, 2.75) is 32.8 Å². The number of carbonyl (C=O) groups excluding carboxylic acids is 1. The summed E-state index contributed by atoms with van der Waals surface area (Å²) in [6.45, 7) is 5.04. The Morgan fingerprint density at radius 1 is 1.47 bits per heavy atom.